The number of benzene rings is 2. The second-order valence-corrected chi connectivity index (χ2v) is 10.2. The molecule has 1 aromatic heterocycles. The fraction of sp³-hybridized carbons (Fsp3) is 0.400. The number of likely N-dealkylation sites (tertiary alicyclic amines) is 1. The predicted octanol–water partition coefficient (Wildman–Crippen LogP) is 5.74. The van der Waals surface area contributed by atoms with Gasteiger partial charge in [-0.25, -0.2) is 17.6 Å². The second kappa shape index (κ2) is 12.1. The van der Waals surface area contributed by atoms with Gasteiger partial charge in [0.15, 0.2) is 0 Å². The molecule has 2 aromatic carbocycles. The number of nitrogens with zero attached hydrogens (tertiary/aromatic N) is 3. The Hall–Kier alpha value is -3.84. The number of piperidine rings is 1. The molecule has 3 aromatic rings. The molecule has 0 unspecified atom stereocenters. The Morgan fingerprint density at radius 1 is 1.18 bits per heavy atom. The van der Waals surface area contributed by atoms with Crippen molar-refractivity contribution in [2.24, 2.45) is 5.41 Å². The summed E-state index contributed by atoms with van der Waals surface area (Å²) < 4.78 is 62.1. The highest BCUT2D eigenvalue weighted by Gasteiger charge is 2.41. The molecule has 1 fully saturated rings. The van der Waals surface area contributed by atoms with Crippen LogP contribution in [0.4, 0.5) is 23.2 Å². The normalized spacial score (nSPS) is 15.8. The molecule has 212 valence electrons. The van der Waals surface area contributed by atoms with Gasteiger partial charge in [-0.3, -0.25) is 14.7 Å². The van der Waals surface area contributed by atoms with Gasteiger partial charge in [0.25, 0.3) is 0 Å². The van der Waals surface area contributed by atoms with E-state index in [1.165, 1.54) is 7.11 Å². The number of pyridine rings is 1. The van der Waals surface area contributed by atoms with Gasteiger partial charge < -0.3 is 14.7 Å². The van der Waals surface area contributed by atoms with Crippen LogP contribution in [0, 0.1) is 34.7 Å². The molecule has 1 aliphatic heterocycles. The van der Waals surface area contributed by atoms with E-state index in [4.69, 9.17) is 4.74 Å². The van der Waals surface area contributed by atoms with Gasteiger partial charge in [-0.2, -0.15) is 0 Å². The summed E-state index contributed by atoms with van der Waals surface area (Å²) in [6.07, 6.45) is 0.883. The Balaban J connectivity index is 1.46. The molecular formula is C30H31F4N3O3. The Labute approximate surface area is 230 Å². The maximum Gasteiger partial charge on any atom is 0.309 e. The second-order valence-electron chi connectivity index (χ2n) is 10.2. The van der Waals surface area contributed by atoms with Crippen molar-refractivity contribution in [2.45, 2.75) is 31.9 Å². The van der Waals surface area contributed by atoms with E-state index in [-0.39, 0.29) is 32.2 Å². The van der Waals surface area contributed by atoms with E-state index in [2.05, 4.69) is 16.8 Å². The third kappa shape index (κ3) is 6.15. The molecule has 0 aliphatic carbocycles. The van der Waals surface area contributed by atoms with Crippen LogP contribution in [0.5, 0.6) is 5.75 Å². The van der Waals surface area contributed by atoms with Crippen molar-refractivity contribution in [3.8, 4) is 17.6 Å². The number of anilines is 1. The fourth-order valence-electron chi connectivity index (χ4n) is 5.15. The summed E-state index contributed by atoms with van der Waals surface area (Å²) in [6, 6.07) is 6.40. The molecule has 1 atom stereocenters. The SMILES string of the molecule is COc1ccc2ncc(N(C)C)c([C@@H](F)CCC3(C(=O)O)CCN(CC#Cc4c(F)cc(F)cc4F)CC3)c2c1. The third-order valence-electron chi connectivity index (χ3n) is 7.56. The van der Waals surface area contributed by atoms with E-state index in [0.29, 0.717) is 53.1 Å². The van der Waals surface area contributed by atoms with Crippen molar-refractivity contribution in [3.05, 3.63) is 65.1 Å². The first-order chi connectivity index (χ1) is 19.0. The van der Waals surface area contributed by atoms with Gasteiger partial charge in [0, 0.05) is 50.3 Å². The summed E-state index contributed by atoms with van der Waals surface area (Å²) in [5.74, 6) is 1.51. The fourth-order valence-corrected chi connectivity index (χ4v) is 5.15. The van der Waals surface area contributed by atoms with Crippen LogP contribution < -0.4 is 9.64 Å². The first kappa shape index (κ1) is 29.2. The standard InChI is InChI=1S/C30H31F4N3O3/c1-36(2)27-18-35-26-7-6-20(40-3)17-22(26)28(27)23(32)8-9-30(29(38)39)10-13-37(14-11-30)12-4-5-21-24(33)15-19(31)16-25(21)34/h6-7,15-18,23H,8-14H2,1-3H3,(H,38,39)/t23-/m0/s1. The van der Waals surface area contributed by atoms with Gasteiger partial charge in [-0.1, -0.05) is 11.8 Å². The van der Waals surface area contributed by atoms with Gasteiger partial charge in [-0.15, -0.1) is 0 Å². The average Bonchev–Trinajstić information content (AvgIpc) is 2.92. The number of carboxylic acid groups (broad SMARTS) is 1. The Bertz CT molecular complexity index is 1440. The molecule has 0 saturated carbocycles. The van der Waals surface area contributed by atoms with Crippen molar-refractivity contribution >= 4 is 22.6 Å². The summed E-state index contributed by atoms with van der Waals surface area (Å²) in [6.45, 7) is 0.921. The molecule has 6 nitrogen and oxygen atoms in total. The van der Waals surface area contributed by atoms with Crippen molar-refractivity contribution in [3.63, 3.8) is 0 Å². The molecular weight excluding hydrogens is 526 g/mol. The topological polar surface area (TPSA) is 65.9 Å². The highest BCUT2D eigenvalue weighted by Crippen LogP contribution is 2.43. The number of alkyl halides is 1. The summed E-state index contributed by atoms with van der Waals surface area (Å²) in [7, 11) is 5.13. The molecule has 2 heterocycles. The van der Waals surface area contributed by atoms with Gasteiger partial charge in [0.05, 0.1) is 42.0 Å². The Kier molecular flexibility index (Phi) is 8.84. The zero-order valence-corrected chi connectivity index (χ0v) is 22.6. The Morgan fingerprint density at radius 3 is 2.45 bits per heavy atom. The number of hydrogen-bond donors (Lipinski definition) is 1. The minimum Gasteiger partial charge on any atom is -0.497 e. The first-order valence-corrected chi connectivity index (χ1v) is 12.9. The van der Waals surface area contributed by atoms with Gasteiger partial charge in [-0.05, 0) is 43.9 Å². The highest BCUT2D eigenvalue weighted by atomic mass is 19.1. The molecule has 0 bridgehead atoms. The largest absolute Gasteiger partial charge is 0.497 e. The van der Waals surface area contributed by atoms with E-state index in [1.54, 1.807) is 43.4 Å². The number of ether oxygens (including phenoxy) is 1. The number of rotatable bonds is 8. The smallest absolute Gasteiger partial charge is 0.309 e. The zero-order valence-electron chi connectivity index (χ0n) is 22.6. The van der Waals surface area contributed by atoms with E-state index < -0.39 is 40.6 Å². The minimum atomic E-state index is -1.43. The number of methoxy groups -OCH3 is 1. The lowest BCUT2D eigenvalue weighted by molar-refractivity contribution is -0.152. The number of aliphatic carboxylic acids is 1. The molecule has 1 aliphatic rings. The van der Waals surface area contributed by atoms with Crippen LogP contribution in [0.15, 0.2) is 36.5 Å². The Morgan fingerprint density at radius 2 is 1.85 bits per heavy atom. The third-order valence-corrected chi connectivity index (χ3v) is 7.56. The minimum absolute atomic E-state index is 0.00634. The van der Waals surface area contributed by atoms with Gasteiger partial charge >= 0.3 is 5.97 Å². The molecule has 0 radical (unpaired) electrons. The monoisotopic (exact) mass is 557 g/mol. The molecule has 4 rings (SSSR count). The number of fused-ring (bicyclic) bond motifs is 1. The van der Waals surface area contributed by atoms with Crippen molar-refractivity contribution in [2.75, 3.05) is 45.7 Å². The molecule has 0 amide bonds. The molecule has 1 saturated heterocycles. The predicted molar refractivity (Wildman–Crippen MR) is 145 cm³/mol. The summed E-state index contributed by atoms with van der Waals surface area (Å²) in [4.78, 5) is 20.5. The quantitative estimate of drug-likeness (QED) is 0.282. The van der Waals surface area contributed by atoms with Gasteiger partial charge in [0.1, 0.15) is 29.4 Å². The summed E-state index contributed by atoms with van der Waals surface area (Å²) >= 11 is 0. The number of carbonyl (C=O) groups is 1. The van der Waals surface area contributed by atoms with Crippen LogP contribution >= 0.6 is 0 Å². The van der Waals surface area contributed by atoms with Crippen molar-refractivity contribution in [1.82, 2.24) is 9.88 Å². The number of hydrogen-bond acceptors (Lipinski definition) is 5. The summed E-state index contributed by atoms with van der Waals surface area (Å²) in [5, 5.41) is 10.7. The number of carboxylic acids is 1. The lowest BCUT2D eigenvalue weighted by Crippen LogP contribution is -2.44. The van der Waals surface area contributed by atoms with Crippen molar-refractivity contribution < 1.29 is 32.2 Å². The lowest BCUT2D eigenvalue weighted by Gasteiger charge is -2.38. The van der Waals surface area contributed by atoms with E-state index in [9.17, 15) is 23.1 Å². The van der Waals surface area contributed by atoms with Crippen LogP contribution in [0.3, 0.4) is 0 Å². The molecule has 1 N–H and O–H groups in total. The maximum atomic E-state index is 16.0. The maximum absolute atomic E-state index is 16.0. The molecule has 0 spiro atoms. The van der Waals surface area contributed by atoms with Crippen LogP contribution in [0.25, 0.3) is 10.9 Å². The van der Waals surface area contributed by atoms with Crippen LogP contribution in [-0.4, -0.2) is 61.8 Å². The van der Waals surface area contributed by atoms with Crippen molar-refractivity contribution in [1.29, 1.82) is 0 Å². The zero-order chi connectivity index (χ0) is 29.0. The van der Waals surface area contributed by atoms with Crippen LogP contribution in [0.1, 0.15) is 43.0 Å². The van der Waals surface area contributed by atoms with Crippen LogP contribution in [-0.2, 0) is 4.79 Å². The molecule has 10 heteroatoms. The van der Waals surface area contributed by atoms with E-state index in [1.807, 2.05) is 4.90 Å². The first-order valence-electron chi connectivity index (χ1n) is 12.9. The number of halogens is 4. The van der Waals surface area contributed by atoms with E-state index in [0.717, 1.165) is 0 Å². The van der Waals surface area contributed by atoms with Gasteiger partial charge in [0.2, 0.25) is 0 Å². The lowest BCUT2D eigenvalue weighted by atomic mass is 9.74. The molecule has 40 heavy (non-hydrogen) atoms. The highest BCUT2D eigenvalue weighted by molar-refractivity contribution is 5.88. The summed E-state index contributed by atoms with van der Waals surface area (Å²) in [5.41, 5.74) is 0.0577. The van der Waals surface area contributed by atoms with E-state index >= 15 is 4.39 Å². The number of aromatic nitrogens is 1. The van der Waals surface area contributed by atoms with Crippen LogP contribution in [0.2, 0.25) is 0 Å². The average molecular weight is 558 g/mol.